The number of likely N-dealkylation sites (tertiary alicyclic amines) is 1. The molecular formula is C32H45N7O3. The van der Waals surface area contributed by atoms with Gasteiger partial charge in [-0.05, 0) is 48.9 Å². The molecule has 3 atom stereocenters. The summed E-state index contributed by atoms with van der Waals surface area (Å²) in [5.41, 5.74) is 9.02. The molecule has 3 heterocycles. The van der Waals surface area contributed by atoms with Gasteiger partial charge in [0.25, 0.3) is 0 Å². The number of amides is 4. The van der Waals surface area contributed by atoms with Gasteiger partial charge in [-0.1, -0.05) is 51.0 Å². The quantitative estimate of drug-likeness (QED) is 0.261. The highest BCUT2D eigenvalue weighted by molar-refractivity contribution is 5.93. The SMILES string of the molecule is CC(C)CC(NC(=O)N1CCCCCC1)C(=O)NC(Cc1cn(C)c2ccccc12)C(=O)NC(N)Cc1ccccn1. The Morgan fingerprint density at radius 3 is 2.26 bits per heavy atom. The zero-order chi connectivity index (χ0) is 30.1. The van der Waals surface area contributed by atoms with Crippen molar-refractivity contribution in [1.29, 1.82) is 0 Å². The fraction of sp³-hybridized carbons (Fsp3) is 0.500. The molecule has 10 heteroatoms. The Balaban J connectivity index is 1.53. The number of pyridine rings is 1. The Hall–Kier alpha value is -3.92. The number of aromatic nitrogens is 2. The third-order valence-corrected chi connectivity index (χ3v) is 7.73. The summed E-state index contributed by atoms with van der Waals surface area (Å²) in [7, 11) is 1.96. The van der Waals surface area contributed by atoms with Gasteiger partial charge in [-0.25, -0.2) is 4.79 Å². The third kappa shape index (κ3) is 8.55. The number of fused-ring (bicyclic) bond motifs is 1. The molecule has 0 radical (unpaired) electrons. The molecule has 2 aromatic heterocycles. The van der Waals surface area contributed by atoms with E-state index in [0.717, 1.165) is 47.8 Å². The van der Waals surface area contributed by atoms with Crippen molar-refractivity contribution < 1.29 is 14.4 Å². The molecule has 10 nitrogen and oxygen atoms in total. The first kappa shape index (κ1) is 31.0. The average Bonchev–Trinajstić information content (AvgIpc) is 3.11. The van der Waals surface area contributed by atoms with Gasteiger partial charge in [-0.15, -0.1) is 0 Å². The summed E-state index contributed by atoms with van der Waals surface area (Å²) in [6.45, 7) is 5.38. The summed E-state index contributed by atoms with van der Waals surface area (Å²) < 4.78 is 2.01. The number of urea groups is 1. The van der Waals surface area contributed by atoms with Crippen molar-refractivity contribution in [3.05, 3.63) is 66.1 Å². The lowest BCUT2D eigenvalue weighted by molar-refractivity contribution is -0.130. The Morgan fingerprint density at radius 1 is 0.881 bits per heavy atom. The Morgan fingerprint density at radius 2 is 1.57 bits per heavy atom. The van der Waals surface area contributed by atoms with E-state index >= 15 is 0 Å². The fourth-order valence-corrected chi connectivity index (χ4v) is 5.59. The zero-order valence-corrected chi connectivity index (χ0v) is 25.0. The van der Waals surface area contributed by atoms with Crippen LogP contribution in [-0.2, 0) is 29.5 Å². The highest BCUT2D eigenvalue weighted by Gasteiger charge is 2.30. The lowest BCUT2D eigenvalue weighted by Crippen LogP contribution is -2.58. The van der Waals surface area contributed by atoms with Crippen LogP contribution in [0.2, 0.25) is 0 Å². The number of carbonyl (C=O) groups is 3. The average molecular weight is 576 g/mol. The molecule has 4 amide bonds. The molecule has 1 aliphatic heterocycles. The maximum Gasteiger partial charge on any atom is 0.318 e. The second-order valence-electron chi connectivity index (χ2n) is 11.7. The Bertz CT molecular complexity index is 1330. The van der Waals surface area contributed by atoms with Crippen LogP contribution in [-0.4, -0.2) is 63.6 Å². The summed E-state index contributed by atoms with van der Waals surface area (Å²) in [5.74, 6) is -0.616. The summed E-state index contributed by atoms with van der Waals surface area (Å²) in [6, 6.07) is 11.6. The number of para-hydroxylation sites is 1. The van der Waals surface area contributed by atoms with Crippen molar-refractivity contribution in [3.63, 3.8) is 0 Å². The number of carbonyl (C=O) groups excluding carboxylic acids is 3. The van der Waals surface area contributed by atoms with E-state index in [4.69, 9.17) is 5.73 Å². The molecule has 0 bridgehead atoms. The van der Waals surface area contributed by atoms with Crippen LogP contribution < -0.4 is 21.7 Å². The summed E-state index contributed by atoms with van der Waals surface area (Å²) >= 11 is 0. The van der Waals surface area contributed by atoms with Crippen LogP contribution in [0.5, 0.6) is 0 Å². The number of nitrogens with two attached hydrogens (primary N) is 1. The third-order valence-electron chi connectivity index (χ3n) is 7.73. The molecule has 0 saturated carbocycles. The standard InChI is InChI=1S/C32H45N7O3/c1-22(2)18-26(36-32(42)39-16-10-4-5-11-17-39)30(40)35-27(19-23-21-38(3)28-14-7-6-13-25(23)28)31(41)37-29(33)20-24-12-8-9-15-34-24/h6-9,12-15,21-22,26-27,29H,4-5,10-11,16-20,33H2,1-3H3,(H,35,40)(H,36,42)(H,37,41). The van der Waals surface area contributed by atoms with Crippen LogP contribution in [0.1, 0.15) is 57.2 Å². The number of benzene rings is 1. The number of hydrogen-bond donors (Lipinski definition) is 4. The Kier molecular flexibility index (Phi) is 10.9. The van der Waals surface area contributed by atoms with Gasteiger partial charge in [0.05, 0.1) is 6.17 Å². The molecule has 4 rings (SSSR count). The molecule has 226 valence electrons. The smallest absolute Gasteiger partial charge is 0.318 e. The highest BCUT2D eigenvalue weighted by atomic mass is 16.2. The van der Waals surface area contributed by atoms with Gasteiger partial charge < -0.3 is 31.2 Å². The molecule has 1 saturated heterocycles. The monoisotopic (exact) mass is 575 g/mol. The molecule has 3 unspecified atom stereocenters. The van der Waals surface area contributed by atoms with Crippen molar-refractivity contribution in [2.24, 2.45) is 18.7 Å². The number of nitrogens with zero attached hydrogens (tertiary/aromatic N) is 3. The van der Waals surface area contributed by atoms with E-state index < -0.39 is 18.2 Å². The highest BCUT2D eigenvalue weighted by Crippen LogP contribution is 2.22. The minimum atomic E-state index is -0.900. The van der Waals surface area contributed by atoms with Crippen molar-refractivity contribution in [3.8, 4) is 0 Å². The summed E-state index contributed by atoms with van der Waals surface area (Å²) in [6.07, 6.45) is 8.18. The van der Waals surface area contributed by atoms with Gasteiger partial charge in [-0.3, -0.25) is 14.6 Å². The molecule has 1 aromatic carbocycles. The van der Waals surface area contributed by atoms with Crippen molar-refractivity contribution in [2.45, 2.75) is 77.0 Å². The zero-order valence-electron chi connectivity index (χ0n) is 25.0. The number of nitrogens with one attached hydrogen (secondary N) is 3. The summed E-state index contributed by atoms with van der Waals surface area (Å²) in [5, 5.41) is 9.82. The van der Waals surface area contributed by atoms with Crippen LogP contribution in [0.3, 0.4) is 0 Å². The van der Waals surface area contributed by atoms with Gasteiger partial charge in [-0.2, -0.15) is 0 Å². The van der Waals surface area contributed by atoms with E-state index in [0.29, 0.717) is 25.9 Å². The first-order chi connectivity index (χ1) is 20.2. The minimum Gasteiger partial charge on any atom is -0.350 e. The number of hydrogen-bond acceptors (Lipinski definition) is 5. The Labute approximate surface area is 248 Å². The second-order valence-corrected chi connectivity index (χ2v) is 11.7. The second kappa shape index (κ2) is 14.8. The van der Waals surface area contributed by atoms with Crippen molar-refractivity contribution >= 4 is 28.7 Å². The minimum absolute atomic E-state index is 0.155. The van der Waals surface area contributed by atoms with E-state index in [1.54, 1.807) is 11.1 Å². The van der Waals surface area contributed by atoms with E-state index in [-0.39, 0.29) is 30.2 Å². The van der Waals surface area contributed by atoms with Crippen molar-refractivity contribution in [1.82, 2.24) is 30.4 Å². The van der Waals surface area contributed by atoms with Crippen LogP contribution in [0.15, 0.2) is 54.9 Å². The van der Waals surface area contributed by atoms with Gasteiger partial charge in [0.2, 0.25) is 11.8 Å². The first-order valence-corrected chi connectivity index (χ1v) is 15.1. The van der Waals surface area contributed by atoms with E-state index in [1.807, 2.05) is 74.1 Å². The predicted octanol–water partition coefficient (Wildman–Crippen LogP) is 3.24. The molecule has 5 N–H and O–H groups in total. The lowest BCUT2D eigenvalue weighted by atomic mass is 10.0. The van der Waals surface area contributed by atoms with Crippen LogP contribution >= 0.6 is 0 Å². The number of aryl methyl sites for hydroxylation is 1. The van der Waals surface area contributed by atoms with Gasteiger partial charge in [0.1, 0.15) is 12.1 Å². The molecule has 0 aliphatic carbocycles. The van der Waals surface area contributed by atoms with Gasteiger partial charge >= 0.3 is 6.03 Å². The lowest BCUT2D eigenvalue weighted by Gasteiger charge is -2.28. The molecule has 1 fully saturated rings. The molecule has 1 aliphatic rings. The first-order valence-electron chi connectivity index (χ1n) is 15.1. The largest absolute Gasteiger partial charge is 0.350 e. The van der Waals surface area contributed by atoms with Gasteiger partial charge in [0, 0.05) is 62.0 Å². The molecular weight excluding hydrogens is 530 g/mol. The van der Waals surface area contributed by atoms with Crippen LogP contribution in [0.25, 0.3) is 10.9 Å². The van der Waals surface area contributed by atoms with E-state index in [2.05, 4.69) is 20.9 Å². The van der Waals surface area contributed by atoms with Crippen molar-refractivity contribution in [2.75, 3.05) is 13.1 Å². The fourth-order valence-electron chi connectivity index (χ4n) is 5.59. The van der Waals surface area contributed by atoms with Crippen LogP contribution in [0.4, 0.5) is 4.79 Å². The molecule has 0 spiro atoms. The maximum atomic E-state index is 13.7. The normalized spacial score (nSPS) is 16.0. The van der Waals surface area contributed by atoms with E-state index in [9.17, 15) is 14.4 Å². The maximum absolute atomic E-state index is 13.7. The number of rotatable bonds is 11. The molecule has 42 heavy (non-hydrogen) atoms. The summed E-state index contributed by atoms with van der Waals surface area (Å²) in [4.78, 5) is 46.6. The van der Waals surface area contributed by atoms with Crippen LogP contribution in [0, 0.1) is 5.92 Å². The topological polar surface area (TPSA) is 134 Å². The predicted molar refractivity (Wildman–Crippen MR) is 164 cm³/mol. The van der Waals surface area contributed by atoms with E-state index in [1.165, 1.54) is 0 Å². The molecule has 3 aromatic rings. The van der Waals surface area contributed by atoms with Gasteiger partial charge in [0.15, 0.2) is 0 Å².